The van der Waals surface area contributed by atoms with Gasteiger partial charge < -0.3 is 9.80 Å². The highest BCUT2D eigenvalue weighted by Crippen LogP contribution is 2.31. The van der Waals surface area contributed by atoms with Crippen molar-refractivity contribution in [3.05, 3.63) is 24.0 Å². The Labute approximate surface area is 148 Å². The van der Waals surface area contributed by atoms with Crippen LogP contribution in [-0.2, 0) is 11.8 Å². The van der Waals surface area contributed by atoms with Gasteiger partial charge in [-0.25, -0.2) is 4.98 Å². The molecule has 2 aliphatic rings. The molecule has 25 heavy (non-hydrogen) atoms. The molecular formula is C19H27N5O. The molecule has 0 bridgehead atoms. The molecule has 0 N–H and O–H groups in total. The lowest BCUT2D eigenvalue weighted by Crippen LogP contribution is -2.39. The van der Waals surface area contributed by atoms with Crippen molar-refractivity contribution in [2.75, 3.05) is 32.7 Å². The van der Waals surface area contributed by atoms with Crippen LogP contribution in [0.5, 0.6) is 0 Å². The second-order valence-electron chi connectivity index (χ2n) is 7.34. The number of nitrogens with zero attached hydrogens (tertiary/aromatic N) is 5. The third kappa shape index (κ3) is 3.40. The van der Waals surface area contributed by atoms with Crippen molar-refractivity contribution in [2.45, 2.75) is 38.0 Å². The number of amides is 1. The van der Waals surface area contributed by atoms with E-state index in [1.165, 1.54) is 12.8 Å². The van der Waals surface area contributed by atoms with E-state index in [4.69, 9.17) is 5.10 Å². The first-order valence-corrected chi connectivity index (χ1v) is 9.50. The molecule has 2 fully saturated rings. The Morgan fingerprint density at radius 1 is 1.20 bits per heavy atom. The maximum absolute atomic E-state index is 12.5. The lowest BCUT2D eigenvalue weighted by atomic mass is 9.92. The highest BCUT2D eigenvalue weighted by Gasteiger charge is 2.27. The van der Waals surface area contributed by atoms with E-state index in [1.807, 2.05) is 24.0 Å². The first-order chi connectivity index (χ1) is 12.2. The number of aromatic nitrogens is 3. The largest absolute Gasteiger partial charge is 0.343 e. The first-order valence-electron chi connectivity index (χ1n) is 9.50. The molecular weight excluding hydrogens is 314 g/mol. The minimum absolute atomic E-state index is 0.317. The van der Waals surface area contributed by atoms with Crippen LogP contribution in [0.3, 0.4) is 0 Å². The van der Waals surface area contributed by atoms with Gasteiger partial charge in [-0.15, -0.1) is 0 Å². The molecule has 0 spiro atoms. The second kappa shape index (κ2) is 7.12. The van der Waals surface area contributed by atoms with Crippen LogP contribution in [0.4, 0.5) is 0 Å². The zero-order chi connectivity index (χ0) is 17.2. The highest BCUT2D eigenvalue weighted by atomic mass is 16.2. The van der Waals surface area contributed by atoms with Crippen LogP contribution in [0, 0.1) is 0 Å². The zero-order valence-corrected chi connectivity index (χ0v) is 15.0. The summed E-state index contributed by atoms with van der Waals surface area (Å²) in [4.78, 5) is 21.4. The van der Waals surface area contributed by atoms with Gasteiger partial charge in [0.1, 0.15) is 0 Å². The Balaban J connectivity index is 1.35. The van der Waals surface area contributed by atoms with Gasteiger partial charge in [-0.2, -0.15) is 5.10 Å². The van der Waals surface area contributed by atoms with Gasteiger partial charge in [0.25, 0.3) is 0 Å². The molecule has 6 nitrogen and oxygen atoms in total. The molecule has 134 valence electrons. The summed E-state index contributed by atoms with van der Waals surface area (Å²) in [5.74, 6) is 0.744. The van der Waals surface area contributed by atoms with E-state index in [0.29, 0.717) is 18.2 Å². The summed E-state index contributed by atoms with van der Waals surface area (Å²) in [6.07, 6.45) is 7.04. The van der Waals surface area contributed by atoms with Gasteiger partial charge in [0.2, 0.25) is 5.91 Å². The Bertz CT molecular complexity index is 741. The normalized spacial score (nSPS) is 19.8. The molecule has 2 saturated heterocycles. The summed E-state index contributed by atoms with van der Waals surface area (Å²) in [7, 11) is 1.95. The summed E-state index contributed by atoms with van der Waals surface area (Å²) < 4.78 is 1.87. The molecule has 4 rings (SSSR count). The fraction of sp³-hybridized carbons (Fsp3) is 0.632. The van der Waals surface area contributed by atoms with Crippen molar-refractivity contribution >= 4 is 16.9 Å². The molecule has 0 atom stereocenters. The molecule has 0 aliphatic carbocycles. The summed E-state index contributed by atoms with van der Waals surface area (Å²) in [5.41, 5.74) is 2.09. The number of hydrogen-bond donors (Lipinski definition) is 0. The fourth-order valence-electron chi connectivity index (χ4n) is 4.24. The third-order valence-corrected chi connectivity index (χ3v) is 5.70. The summed E-state index contributed by atoms with van der Waals surface area (Å²) in [5, 5.41) is 5.87. The number of rotatable bonds is 4. The number of pyridine rings is 1. The minimum atomic E-state index is 0.317. The van der Waals surface area contributed by atoms with Gasteiger partial charge in [0.05, 0.1) is 5.69 Å². The molecule has 1 amide bonds. The van der Waals surface area contributed by atoms with E-state index in [2.05, 4.69) is 20.9 Å². The number of carbonyl (C=O) groups excluding carboxylic acids is 1. The number of likely N-dealkylation sites (tertiary alicyclic amines) is 2. The molecule has 0 saturated carbocycles. The van der Waals surface area contributed by atoms with E-state index < -0.39 is 0 Å². The summed E-state index contributed by atoms with van der Waals surface area (Å²) in [6, 6.07) is 4.09. The fourth-order valence-corrected chi connectivity index (χ4v) is 4.24. The van der Waals surface area contributed by atoms with E-state index >= 15 is 0 Å². The van der Waals surface area contributed by atoms with Crippen LogP contribution in [0.2, 0.25) is 0 Å². The second-order valence-corrected chi connectivity index (χ2v) is 7.34. The van der Waals surface area contributed by atoms with Crippen molar-refractivity contribution in [3.63, 3.8) is 0 Å². The van der Waals surface area contributed by atoms with Gasteiger partial charge >= 0.3 is 0 Å². The van der Waals surface area contributed by atoms with Crippen LogP contribution in [0.25, 0.3) is 11.0 Å². The van der Waals surface area contributed by atoms with E-state index in [-0.39, 0.29) is 0 Å². The topological polar surface area (TPSA) is 54.3 Å². The molecule has 2 aliphatic heterocycles. The van der Waals surface area contributed by atoms with Gasteiger partial charge in [0, 0.05) is 50.6 Å². The molecule has 0 unspecified atom stereocenters. The van der Waals surface area contributed by atoms with Gasteiger partial charge in [0.15, 0.2) is 5.65 Å². The Kier molecular flexibility index (Phi) is 4.70. The molecule has 2 aromatic heterocycles. The number of carbonyl (C=O) groups is 1. The van der Waals surface area contributed by atoms with Crippen LogP contribution in [0.15, 0.2) is 18.3 Å². The van der Waals surface area contributed by atoms with Crippen molar-refractivity contribution in [1.82, 2.24) is 24.6 Å². The number of piperidine rings is 1. The number of aryl methyl sites for hydroxylation is 1. The van der Waals surface area contributed by atoms with Crippen LogP contribution >= 0.6 is 0 Å². The first kappa shape index (κ1) is 16.5. The van der Waals surface area contributed by atoms with Crippen molar-refractivity contribution in [2.24, 2.45) is 7.05 Å². The van der Waals surface area contributed by atoms with E-state index in [0.717, 1.165) is 62.3 Å². The lowest BCUT2D eigenvalue weighted by molar-refractivity contribution is -0.132. The van der Waals surface area contributed by atoms with Gasteiger partial charge in [-0.05, 0) is 50.9 Å². The predicted molar refractivity (Wildman–Crippen MR) is 97.4 cm³/mol. The molecule has 2 aromatic rings. The van der Waals surface area contributed by atoms with E-state index in [1.54, 1.807) is 0 Å². The average molecular weight is 341 g/mol. The van der Waals surface area contributed by atoms with Crippen LogP contribution in [-0.4, -0.2) is 63.2 Å². The zero-order valence-electron chi connectivity index (χ0n) is 15.0. The van der Waals surface area contributed by atoms with E-state index in [9.17, 15) is 4.79 Å². The predicted octanol–water partition coefficient (Wildman–Crippen LogP) is 2.16. The van der Waals surface area contributed by atoms with Crippen LogP contribution < -0.4 is 0 Å². The Hall–Kier alpha value is -1.95. The maximum Gasteiger partial charge on any atom is 0.223 e. The minimum Gasteiger partial charge on any atom is -0.343 e. The monoisotopic (exact) mass is 341 g/mol. The molecule has 0 aromatic carbocycles. The van der Waals surface area contributed by atoms with Gasteiger partial charge in [-0.1, -0.05) is 0 Å². The third-order valence-electron chi connectivity index (χ3n) is 5.70. The van der Waals surface area contributed by atoms with Crippen LogP contribution in [0.1, 0.15) is 43.7 Å². The number of fused-ring (bicyclic) bond motifs is 1. The van der Waals surface area contributed by atoms with Gasteiger partial charge in [-0.3, -0.25) is 9.48 Å². The van der Waals surface area contributed by atoms with Crippen molar-refractivity contribution in [1.29, 1.82) is 0 Å². The van der Waals surface area contributed by atoms with Crippen molar-refractivity contribution < 1.29 is 4.79 Å². The Morgan fingerprint density at radius 3 is 2.72 bits per heavy atom. The highest BCUT2D eigenvalue weighted by molar-refractivity contribution is 5.79. The molecule has 6 heteroatoms. The van der Waals surface area contributed by atoms with Crippen molar-refractivity contribution in [3.8, 4) is 0 Å². The smallest absolute Gasteiger partial charge is 0.223 e. The SMILES string of the molecule is Cn1nc(C2CCN(C(=O)CCN3CCCC3)CC2)c2cccnc21. The molecule has 0 radical (unpaired) electrons. The summed E-state index contributed by atoms with van der Waals surface area (Å²) in [6.45, 7) is 4.95. The maximum atomic E-state index is 12.5. The summed E-state index contributed by atoms with van der Waals surface area (Å²) >= 11 is 0. The Morgan fingerprint density at radius 2 is 1.96 bits per heavy atom. The molecule has 4 heterocycles. The standard InChI is InChI=1S/C19H27N5O/c1-22-19-16(5-4-9-20-19)18(21-22)15-6-13-24(14-7-15)17(25)8-12-23-10-2-3-11-23/h4-5,9,15H,2-3,6-8,10-14H2,1H3. The number of hydrogen-bond acceptors (Lipinski definition) is 4. The quantitative estimate of drug-likeness (QED) is 0.855. The average Bonchev–Trinajstić information content (AvgIpc) is 3.28. The lowest BCUT2D eigenvalue weighted by Gasteiger charge is -2.32.